The summed E-state index contributed by atoms with van der Waals surface area (Å²) < 4.78 is 21.0. The minimum Gasteiger partial charge on any atom is -0.388 e. The number of carbonyl (C=O) groups excluding carboxylic acids is 1. The number of aryl methyl sites for hydroxylation is 1. The maximum absolute atomic E-state index is 13.1. The zero-order chi connectivity index (χ0) is 20.4. The van der Waals surface area contributed by atoms with Crippen molar-refractivity contribution >= 4 is 16.7 Å². The van der Waals surface area contributed by atoms with Crippen molar-refractivity contribution in [2.45, 2.75) is 19.5 Å². The van der Waals surface area contributed by atoms with E-state index in [0.29, 0.717) is 24.1 Å². The first-order valence-corrected chi connectivity index (χ1v) is 8.89. The lowest BCUT2D eigenvalue weighted by atomic mass is 10.1. The van der Waals surface area contributed by atoms with Crippen LogP contribution in [0.3, 0.4) is 0 Å². The Morgan fingerprint density at radius 2 is 1.93 bits per heavy atom. The number of carbonyl (C=O) groups is 1. The van der Waals surface area contributed by atoms with Gasteiger partial charge in [-0.3, -0.25) is 4.79 Å². The number of hydrogen-bond donors (Lipinski definition) is 0. The summed E-state index contributed by atoms with van der Waals surface area (Å²) in [6.07, 6.45) is 2.01. The Bertz CT molecular complexity index is 1290. The Balaban J connectivity index is 1.64. The molecule has 0 spiro atoms. The monoisotopic (exact) mass is 390 g/mol. The number of para-hydroxylation sites is 1. The summed E-state index contributed by atoms with van der Waals surface area (Å²) in [7, 11) is 0. The highest BCUT2D eigenvalue weighted by molar-refractivity contribution is 6.08. The van der Waals surface area contributed by atoms with Crippen molar-refractivity contribution in [2.75, 3.05) is 0 Å². The molecule has 2 aromatic heterocycles. The Hall–Kier alpha value is -3.99. The first-order valence-electron chi connectivity index (χ1n) is 8.89. The third-order valence-electron chi connectivity index (χ3n) is 4.54. The van der Waals surface area contributed by atoms with Crippen LogP contribution in [0.15, 0.2) is 63.9 Å². The van der Waals surface area contributed by atoms with E-state index in [1.54, 1.807) is 6.20 Å². The van der Waals surface area contributed by atoms with E-state index in [0.717, 1.165) is 15.6 Å². The van der Waals surface area contributed by atoms with E-state index in [1.807, 2.05) is 28.8 Å². The predicted molar refractivity (Wildman–Crippen MR) is 103 cm³/mol. The normalized spacial score (nSPS) is 10.9. The van der Waals surface area contributed by atoms with Crippen molar-refractivity contribution in [1.82, 2.24) is 14.3 Å². The zero-order valence-corrected chi connectivity index (χ0v) is 15.2. The molecule has 144 valence electrons. The molecule has 0 aliphatic carbocycles. The fourth-order valence-electron chi connectivity index (χ4n) is 3.16. The smallest absolute Gasteiger partial charge is 0.388 e. The third kappa shape index (κ3) is 3.58. The Morgan fingerprint density at radius 1 is 1.17 bits per heavy atom. The number of benzene rings is 2. The van der Waals surface area contributed by atoms with Crippen molar-refractivity contribution in [3.05, 3.63) is 76.7 Å². The number of nitriles is 1. The largest absolute Gasteiger partial charge is 0.437 e. The van der Waals surface area contributed by atoms with Gasteiger partial charge in [0, 0.05) is 34.8 Å². The fourth-order valence-corrected chi connectivity index (χ4v) is 3.16. The highest BCUT2D eigenvalue weighted by Gasteiger charge is 2.18. The van der Waals surface area contributed by atoms with E-state index in [1.165, 1.54) is 24.3 Å². The number of Topliss-reactive ketones (excluding diaryl/α,β-unsaturated/α-hetero) is 1. The second kappa shape index (κ2) is 7.56. The van der Waals surface area contributed by atoms with Crippen LogP contribution in [0.1, 0.15) is 16.8 Å². The molecule has 0 unspecified atom stereocenters. The van der Waals surface area contributed by atoms with Crippen LogP contribution in [0.25, 0.3) is 22.4 Å². The van der Waals surface area contributed by atoms with E-state index in [2.05, 4.69) is 11.2 Å². The molecule has 0 saturated carbocycles. The summed E-state index contributed by atoms with van der Waals surface area (Å²) in [5.74, 6) is -1.48. The first-order chi connectivity index (χ1) is 14.1. The molecule has 0 fully saturated rings. The number of fused-ring (bicyclic) bond motifs is 1. The van der Waals surface area contributed by atoms with E-state index in [-0.39, 0.29) is 18.2 Å². The molecule has 4 rings (SSSR count). The summed E-state index contributed by atoms with van der Waals surface area (Å²) in [5, 5.41) is 13.6. The minimum atomic E-state index is -0.772. The first kappa shape index (κ1) is 18.4. The quantitative estimate of drug-likeness (QED) is 0.471. The summed E-state index contributed by atoms with van der Waals surface area (Å²) in [4.78, 5) is 25.0. The number of ketones is 1. The summed E-state index contributed by atoms with van der Waals surface area (Å²) in [6, 6.07) is 14.8. The number of nitrogens with zero attached hydrogens (tertiary/aromatic N) is 4. The second-order valence-corrected chi connectivity index (χ2v) is 6.42. The van der Waals surface area contributed by atoms with E-state index in [9.17, 15) is 14.0 Å². The lowest BCUT2D eigenvalue weighted by molar-refractivity contribution is 0.0966. The van der Waals surface area contributed by atoms with Gasteiger partial charge in [-0.05, 0) is 30.3 Å². The van der Waals surface area contributed by atoms with Crippen molar-refractivity contribution in [3.8, 4) is 17.5 Å². The lowest BCUT2D eigenvalue weighted by Crippen LogP contribution is -2.21. The lowest BCUT2D eigenvalue weighted by Gasteiger charge is -2.00. The molecule has 0 radical (unpaired) electrons. The maximum Gasteiger partial charge on any atom is 0.437 e. The Morgan fingerprint density at radius 3 is 2.69 bits per heavy atom. The van der Waals surface area contributed by atoms with Crippen LogP contribution in [0.2, 0.25) is 0 Å². The van der Waals surface area contributed by atoms with Crippen LogP contribution < -0.4 is 5.76 Å². The van der Waals surface area contributed by atoms with Gasteiger partial charge in [0.15, 0.2) is 5.78 Å². The molecule has 0 amide bonds. The fraction of sp³-hybridized carbons (Fsp3) is 0.143. The molecule has 0 saturated heterocycles. The SMILES string of the molecule is N#CCCn1cc(C(=O)Cn2nc(-c3ccc(F)cc3)oc2=O)c2ccccc21. The number of hydrogen-bond acceptors (Lipinski definition) is 5. The van der Waals surface area contributed by atoms with Crippen molar-refractivity contribution in [3.63, 3.8) is 0 Å². The highest BCUT2D eigenvalue weighted by atomic mass is 19.1. The zero-order valence-electron chi connectivity index (χ0n) is 15.2. The van der Waals surface area contributed by atoms with Gasteiger partial charge in [-0.15, -0.1) is 5.10 Å². The molecular formula is C21H15FN4O3. The van der Waals surface area contributed by atoms with Gasteiger partial charge in [0.2, 0.25) is 5.89 Å². The van der Waals surface area contributed by atoms with E-state index in [4.69, 9.17) is 9.68 Å². The summed E-state index contributed by atoms with van der Waals surface area (Å²) in [5.41, 5.74) is 1.71. The van der Waals surface area contributed by atoms with Crippen molar-refractivity contribution < 1.29 is 13.6 Å². The van der Waals surface area contributed by atoms with Crippen molar-refractivity contribution in [2.24, 2.45) is 0 Å². The molecule has 0 atom stereocenters. The Kier molecular flexibility index (Phi) is 4.79. The number of halogens is 1. The standard InChI is InChI=1S/C21H15FN4O3/c22-15-8-6-14(7-9-15)20-24-26(21(28)29-20)13-19(27)17-12-25(11-3-10-23)18-5-2-1-4-16(17)18/h1-2,4-9,12H,3,11,13H2. The molecule has 0 N–H and O–H groups in total. The summed E-state index contributed by atoms with van der Waals surface area (Å²) in [6.45, 7) is 0.165. The van der Waals surface area contributed by atoms with E-state index < -0.39 is 11.6 Å². The van der Waals surface area contributed by atoms with Gasteiger partial charge in [0.25, 0.3) is 0 Å². The van der Waals surface area contributed by atoms with Gasteiger partial charge < -0.3 is 8.98 Å². The molecule has 0 aliphatic rings. The predicted octanol–water partition coefficient (Wildman–Crippen LogP) is 3.39. The van der Waals surface area contributed by atoms with Crippen LogP contribution in [0.5, 0.6) is 0 Å². The summed E-state index contributed by atoms with van der Waals surface area (Å²) >= 11 is 0. The molecule has 29 heavy (non-hydrogen) atoms. The highest BCUT2D eigenvalue weighted by Crippen LogP contribution is 2.23. The van der Waals surface area contributed by atoms with Crippen molar-refractivity contribution in [1.29, 1.82) is 5.26 Å². The van der Waals surface area contributed by atoms with Gasteiger partial charge in [-0.25, -0.2) is 9.18 Å². The molecule has 4 aromatic rings. The number of aromatic nitrogens is 3. The molecule has 0 aliphatic heterocycles. The molecule has 2 heterocycles. The molecular weight excluding hydrogens is 375 g/mol. The number of rotatable bonds is 6. The topological polar surface area (TPSA) is 93.8 Å². The minimum absolute atomic E-state index is 0.0132. The van der Waals surface area contributed by atoms with Crippen LogP contribution in [-0.2, 0) is 13.1 Å². The van der Waals surface area contributed by atoms with Gasteiger partial charge in [-0.2, -0.15) is 9.94 Å². The van der Waals surface area contributed by atoms with Crippen LogP contribution in [0, 0.1) is 17.1 Å². The Labute approximate surface area is 164 Å². The van der Waals surface area contributed by atoms with Gasteiger partial charge in [0.1, 0.15) is 12.4 Å². The van der Waals surface area contributed by atoms with Crippen LogP contribution >= 0.6 is 0 Å². The van der Waals surface area contributed by atoms with Gasteiger partial charge in [0.05, 0.1) is 12.5 Å². The van der Waals surface area contributed by atoms with Gasteiger partial charge >= 0.3 is 5.76 Å². The molecule has 8 heteroatoms. The average molecular weight is 390 g/mol. The molecule has 0 bridgehead atoms. The molecule has 2 aromatic carbocycles. The average Bonchev–Trinajstić information content (AvgIpc) is 3.28. The van der Waals surface area contributed by atoms with Crippen LogP contribution in [0.4, 0.5) is 4.39 Å². The third-order valence-corrected chi connectivity index (χ3v) is 4.54. The maximum atomic E-state index is 13.1. The van der Waals surface area contributed by atoms with Gasteiger partial charge in [-0.1, -0.05) is 18.2 Å². The van der Waals surface area contributed by atoms with Crippen LogP contribution in [-0.4, -0.2) is 20.1 Å². The molecule has 7 nitrogen and oxygen atoms in total. The van der Waals surface area contributed by atoms with E-state index >= 15 is 0 Å². The second-order valence-electron chi connectivity index (χ2n) is 6.42.